The van der Waals surface area contributed by atoms with Gasteiger partial charge in [0.05, 0.1) is 13.2 Å². The van der Waals surface area contributed by atoms with E-state index < -0.39 is 26.5 Å². The fourth-order valence-corrected chi connectivity index (χ4v) is 6.69. The van der Waals surface area contributed by atoms with Crippen LogP contribution in [-0.2, 0) is 27.9 Å². The summed E-state index contributed by atoms with van der Waals surface area (Å²) in [6.07, 6.45) is 45.0. The monoisotopic (exact) mass is 784 g/mol. The first-order valence-electron chi connectivity index (χ1n) is 22.0. The van der Waals surface area contributed by atoms with Gasteiger partial charge in [0, 0.05) is 19.4 Å². The van der Waals surface area contributed by atoms with Gasteiger partial charge in [-0.2, -0.15) is 0 Å². The minimum absolute atomic E-state index is 0.0774. The van der Waals surface area contributed by atoms with Crippen molar-refractivity contribution >= 4 is 19.7 Å². The number of carbonyl (C=O) groups excluding carboxylic acids is 2. The third-order valence-electron chi connectivity index (χ3n) is 9.29. The SMILES string of the molecule is CCCCC/C=C\C/C=C\CCCCCCCCCCCCCC(=O)OCC(O)COP(=O)(O)OCCNC(=O)CCCCCCC/C=C\CCCCC. The zero-order valence-electron chi connectivity index (χ0n) is 34.7. The van der Waals surface area contributed by atoms with Gasteiger partial charge in [-0.25, -0.2) is 4.57 Å². The summed E-state index contributed by atoms with van der Waals surface area (Å²) in [7, 11) is -4.42. The lowest BCUT2D eigenvalue weighted by atomic mass is 10.0. The third-order valence-corrected chi connectivity index (χ3v) is 10.3. The van der Waals surface area contributed by atoms with Crippen LogP contribution in [0.3, 0.4) is 0 Å². The molecule has 0 heterocycles. The minimum atomic E-state index is -4.42. The molecule has 54 heavy (non-hydrogen) atoms. The van der Waals surface area contributed by atoms with E-state index >= 15 is 0 Å². The highest BCUT2D eigenvalue weighted by Crippen LogP contribution is 2.42. The van der Waals surface area contributed by atoms with Crippen molar-refractivity contribution in [3.8, 4) is 0 Å². The number of hydrogen-bond donors (Lipinski definition) is 3. The topological polar surface area (TPSA) is 131 Å². The summed E-state index contributed by atoms with van der Waals surface area (Å²) in [6, 6.07) is 0. The molecule has 0 spiro atoms. The molecule has 0 saturated heterocycles. The molecule has 0 aliphatic heterocycles. The molecule has 316 valence electrons. The highest BCUT2D eigenvalue weighted by Gasteiger charge is 2.23. The summed E-state index contributed by atoms with van der Waals surface area (Å²) in [6.45, 7) is 3.50. The van der Waals surface area contributed by atoms with E-state index in [2.05, 4.69) is 55.6 Å². The first-order valence-corrected chi connectivity index (χ1v) is 23.5. The van der Waals surface area contributed by atoms with Crippen molar-refractivity contribution in [3.05, 3.63) is 36.5 Å². The Morgan fingerprint density at radius 2 is 1.00 bits per heavy atom. The van der Waals surface area contributed by atoms with E-state index in [1.165, 1.54) is 116 Å². The zero-order chi connectivity index (χ0) is 39.6. The van der Waals surface area contributed by atoms with Gasteiger partial charge < -0.3 is 20.1 Å². The molecule has 3 N–H and O–H groups in total. The van der Waals surface area contributed by atoms with Gasteiger partial charge >= 0.3 is 13.8 Å². The molecule has 10 heteroatoms. The maximum atomic E-state index is 12.1. The van der Waals surface area contributed by atoms with Crippen molar-refractivity contribution in [1.29, 1.82) is 0 Å². The van der Waals surface area contributed by atoms with Gasteiger partial charge in [0.25, 0.3) is 0 Å². The Kier molecular flexibility index (Phi) is 39.5. The van der Waals surface area contributed by atoms with Crippen LogP contribution in [0.4, 0.5) is 0 Å². The second-order valence-corrected chi connectivity index (χ2v) is 16.1. The normalized spacial score (nSPS) is 13.6. The van der Waals surface area contributed by atoms with Gasteiger partial charge in [0.2, 0.25) is 5.91 Å². The number of hydrogen-bond acceptors (Lipinski definition) is 7. The molecule has 0 saturated carbocycles. The van der Waals surface area contributed by atoms with Crippen LogP contribution in [0.15, 0.2) is 36.5 Å². The van der Waals surface area contributed by atoms with E-state index in [1.807, 2.05) is 0 Å². The van der Waals surface area contributed by atoms with Gasteiger partial charge in [-0.1, -0.05) is 153 Å². The molecular formula is C44H82NO8P. The number of nitrogens with one attached hydrogen (secondary N) is 1. The van der Waals surface area contributed by atoms with Gasteiger partial charge in [0.1, 0.15) is 12.7 Å². The van der Waals surface area contributed by atoms with Crippen molar-refractivity contribution in [3.63, 3.8) is 0 Å². The Hall–Kier alpha value is -1.77. The zero-order valence-corrected chi connectivity index (χ0v) is 35.6. The lowest BCUT2D eigenvalue weighted by Crippen LogP contribution is -2.27. The van der Waals surface area contributed by atoms with Crippen molar-refractivity contribution in [2.24, 2.45) is 0 Å². The highest BCUT2D eigenvalue weighted by atomic mass is 31.2. The second-order valence-electron chi connectivity index (χ2n) is 14.7. The van der Waals surface area contributed by atoms with Crippen molar-refractivity contribution in [2.75, 3.05) is 26.4 Å². The van der Waals surface area contributed by atoms with Crippen LogP contribution in [-0.4, -0.2) is 54.3 Å². The van der Waals surface area contributed by atoms with E-state index in [-0.39, 0.29) is 32.1 Å². The Bertz CT molecular complexity index is 986. The van der Waals surface area contributed by atoms with Crippen LogP contribution in [0.1, 0.15) is 200 Å². The maximum Gasteiger partial charge on any atom is 0.472 e. The predicted octanol–water partition coefficient (Wildman–Crippen LogP) is 12.2. The standard InChI is InChI=1S/C44H82NO8P/c1-3-5-7-9-11-13-15-17-18-19-20-21-22-23-24-25-27-29-31-33-35-37-44(48)51-40-42(46)41-53-54(49,50)52-39-38-45-43(47)36-34-32-30-28-26-16-14-12-10-8-6-4-2/h11-14,17-18,42,46H,3-10,15-16,19-41H2,1-2H3,(H,45,47)(H,49,50)/b13-11-,14-12-,18-17-. The van der Waals surface area contributed by atoms with E-state index in [4.69, 9.17) is 13.8 Å². The Labute approximate surface area is 331 Å². The number of esters is 1. The molecule has 0 rings (SSSR count). The molecule has 0 fully saturated rings. The first kappa shape index (κ1) is 52.2. The largest absolute Gasteiger partial charge is 0.472 e. The minimum Gasteiger partial charge on any atom is -0.463 e. The maximum absolute atomic E-state index is 12.1. The summed E-state index contributed by atoms with van der Waals surface area (Å²) in [4.78, 5) is 33.9. The molecule has 0 aromatic carbocycles. The van der Waals surface area contributed by atoms with Crippen LogP contribution in [0, 0.1) is 0 Å². The summed E-state index contributed by atoms with van der Waals surface area (Å²) >= 11 is 0. The van der Waals surface area contributed by atoms with Crippen LogP contribution in [0.5, 0.6) is 0 Å². The smallest absolute Gasteiger partial charge is 0.463 e. The number of phosphoric ester groups is 1. The quantitative estimate of drug-likeness (QED) is 0.0242. The van der Waals surface area contributed by atoms with Gasteiger partial charge in [0.15, 0.2) is 0 Å². The van der Waals surface area contributed by atoms with E-state index in [0.29, 0.717) is 6.42 Å². The summed E-state index contributed by atoms with van der Waals surface area (Å²) in [5, 5.41) is 12.7. The molecular weight excluding hydrogens is 701 g/mol. The van der Waals surface area contributed by atoms with Gasteiger partial charge in [-0.3, -0.25) is 18.6 Å². The molecule has 0 radical (unpaired) electrons. The Balaban J connectivity index is 3.58. The number of ether oxygens (including phenoxy) is 1. The lowest BCUT2D eigenvalue weighted by molar-refractivity contribution is -0.147. The number of aliphatic hydroxyl groups excluding tert-OH is 1. The highest BCUT2D eigenvalue weighted by molar-refractivity contribution is 7.47. The molecule has 2 unspecified atom stereocenters. The van der Waals surface area contributed by atoms with Crippen LogP contribution >= 0.6 is 7.82 Å². The van der Waals surface area contributed by atoms with Crippen molar-refractivity contribution in [1.82, 2.24) is 5.32 Å². The average Bonchev–Trinajstić information content (AvgIpc) is 3.16. The van der Waals surface area contributed by atoms with E-state index in [1.54, 1.807) is 0 Å². The summed E-state index contributed by atoms with van der Waals surface area (Å²) < 4.78 is 26.8. The molecule has 0 bridgehead atoms. The number of rotatable bonds is 41. The summed E-state index contributed by atoms with van der Waals surface area (Å²) in [5.74, 6) is -0.526. The van der Waals surface area contributed by atoms with E-state index in [0.717, 1.165) is 57.8 Å². The first-order chi connectivity index (χ1) is 26.3. The Morgan fingerprint density at radius 1 is 0.574 bits per heavy atom. The number of amides is 1. The number of unbranched alkanes of at least 4 members (excludes halogenated alkanes) is 22. The second kappa shape index (κ2) is 40.9. The molecule has 0 aliphatic rings. The number of carbonyl (C=O) groups is 2. The van der Waals surface area contributed by atoms with Crippen LogP contribution in [0.2, 0.25) is 0 Å². The Morgan fingerprint density at radius 3 is 1.50 bits per heavy atom. The molecule has 2 atom stereocenters. The molecule has 0 aliphatic carbocycles. The number of allylic oxidation sites excluding steroid dienone is 6. The fourth-order valence-electron chi connectivity index (χ4n) is 5.93. The number of phosphoric acid groups is 1. The van der Waals surface area contributed by atoms with Crippen molar-refractivity contribution in [2.45, 2.75) is 206 Å². The van der Waals surface area contributed by atoms with Gasteiger partial charge in [-0.15, -0.1) is 0 Å². The molecule has 1 amide bonds. The van der Waals surface area contributed by atoms with E-state index in [9.17, 15) is 24.2 Å². The number of aliphatic hydroxyl groups is 1. The van der Waals surface area contributed by atoms with Crippen LogP contribution < -0.4 is 5.32 Å². The predicted molar refractivity (Wildman–Crippen MR) is 224 cm³/mol. The average molecular weight is 784 g/mol. The summed E-state index contributed by atoms with van der Waals surface area (Å²) in [5.41, 5.74) is 0. The lowest BCUT2D eigenvalue weighted by Gasteiger charge is -2.15. The molecule has 0 aromatic heterocycles. The van der Waals surface area contributed by atoms with Crippen LogP contribution in [0.25, 0.3) is 0 Å². The third kappa shape index (κ3) is 41.4. The molecule has 0 aromatic rings. The van der Waals surface area contributed by atoms with Crippen molar-refractivity contribution < 1.29 is 37.9 Å². The fraction of sp³-hybridized carbons (Fsp3) is 0.818. The van der Waals surface area contributed by atoms with Gasteiger partial charge in [-0.05, 0) is 70.6 Å². The molecule has 9 nitrogen and oxygen atoms in total.